The molecule has 1 aliphatic heterocycles. The Kier molecular flexibility index (Phi) is 1.67. The average Bonchev–Trinajstić information content (AvgIpc) is 2.69. The molecule has 4 radical (unpaired) electrons. The third-order valence-electron chi connectivity index (χ3n) is 3.12. The summed E-state index contributed by atoms with van der Waals surface area (Å²) in [6.07, 6.45) is 0.680. The minimum absolute atomic E-state index is 0.255. The first-order valence-electron chi connectivity index (χ1n) is 4.85. The van der Waals surface area contributed by atoms with Crippen LogP contribution in [-0.2, 0) is 11.6 Å². The van der Waals surface area contributed by atoms with Crippen molar-refractivity contribution in [2.24, 2.45) is 5.73 Å². The first-order chi connectivity index (χ1) is 7.09. The molecule has 0 saturated carbocycles. The van der Waals surface area contributed by atoms with Gasteiger partial charge in [-0.15, -0.1) is 0 Å². The van der Waals surface area contributed by atoms with E-state index < -0.39 is 5.21 Å². The molecule has 5 heteroatoms. The Balaban J connectivity index is 2.17. The summed E-state index contributed by atoms with van der Waals surface area (Å²) < 4.78 is 10.6. The van der Waals surface area contributed by atoms with Crippen LogP contribution in [0.4, 0.5) is 0 Å². The lowest BCUT2D eigenvalue weighted by Crippen LogP contribution is -2.43. The highest BCUT2D eigenvalue weighted by atomic mass is 16.7. The molecule has 1 atom stereocenters. The molecule has 0 amide bonds. The maximum atomic E-state index is 5.98. The monoisotopic (exact) mass is 197 g/mol. The van der Waals surface area contributed by atoms with Crippen LogP contribution >= 0.6 is 0 Å². The van der Waals surface area contributed by atoms with Gasteiger partial charge in [-0.05, 0) is 24.1 Å². The highest BCUT2D eigenvalue weighted by Crippen LogP contribution is 2.42. The quantitative estimate of drug-likeness (QED) is 0.585. The second-order valence-corrected chi connectivity index (χ2v) is 4.11. The maximum Gasteiger partial charge on any atom is 0.231 e. The first kappa shape index (κ1) is 9.16. The number of hydrogen-bond acceptors (Lipinski definition) is 3. The molecule has 3 rings (SSSR count). The van der Waals surface area contributed by atoms with E-state index in [0.29, 0.717) is 12.2 Å². The van der Waals surface area contributed by atoms with Gasteiger partial charge in [-0.1, -0.05) is 10.8 Å². The van der Waals surface area contributed by atoms with Crippen molar-refractivity contribution in [1.82, 2.24) is 0 Å². The largest absolute Gasteiger partial charge is 0.454 e. The molecular weight excluding hydrogens is 188 g/mol. The van der Waals surface area contributed by atoms with Crippen LogP contribution in [0, 0.1) is 0 Å². The highest BCUT2D eigenvalue weighted by molar-refractivity contribution is 6.41. The minimum atomic E-state index is -0.962. The lowest BCUT2D eigenvalue weighted by Gasteiger charge is -2.26. The van der Waals surface area contributed by atoms with Crippen molar-refractivity contribution in [2.75, 3.05) is 6.79 Å². The zero-order valence-corrected chi connectivity index (χ0v) is 8.19. The molecule has 0 spiro atoms. The number of benzene rings is 1. The number of rotatable bonds is 0. The predicted octanol–water partition coefficient (Wildman–Crippen LogP) is -0.211. The summed E-state index contributed by atoms with van der Waals surface area (Å²) in [5.41, 5.74) is 7.80. The summed E-state index contributed by atoms with van der Waals surface area (Å²) in [7, 11) is 12.0. The van der Waals surface area contributed by atoms with E-state index in [1.165, 1.54) is 0 Å². The summed E-state index contributed by atoms with van der Waals surface area (Å²) in [5.74, 6) is 1.45. The van der Waals surface area contributed by atoms with Crippen LogP contribution in [0.25, 0.3) is 0 Å². The van der Waals surface area contributed by atoms with Crippen molar-refractivity contribution >= 4 is 15.7 Å². The molecule has 1 heterocycles. The summed E-state index contributed by atoms with van der Waals surface area (Å²) >= 11 is 0. The van der Waals surface area contributed by atoms with E-state index >= 15 is 0 Å². The maximum absolute atomic E-state index is 5.98. The Bertz CT molecular complexity index is 434. The Morgan fingerprint density at radius 3 is 2.67 bits per heavy atom. The number of nitrogens with two attached hydrogens (primary N) is 1. The van der Waals surface area contributed by atoms with Crippen LogP contribution in [0.1, 0.15) is 11.1 Å². The molecule has 0 fully saturated rings. The van der Waals surface area contributed by atoms with Gasteiger partial charge in [-0.2, -0.15) is 0 Å². The number of ether oxygens (including phenoxy) is 2. The Morgan fingerprint density at radius 1 is 1.27 bits per heavy atom. The van der Waals surface area contributed by atoms with E-state index in [4.69, 9.17) is 30.9 Å². The molecule has 1 aromatic carbocycles. The number of fused-ring (bicyclic) bond motifs is 2. The fraction of sp³-hybridized carbons (Fsp3) is 0.400. The molecule has 0 bridgehead atoms. The standard InChI is InChI=1S/C10H9B2NO2/c11-10(12)6-3-8-7(14-4-15-8)1-5(6)2-9(10)13/h1,3,9H,2,4,13H2. The van der Waals surface area contributed by atoms with Crippen molar-refractivity contribution in [2.45, 2.75) is 17.7 Å². The Hall–Kier alpha value is -1.09. The van der Waals surface area contributed by atoms with Crippen LogP contribution in [0.5, 0.6) is 11.5 Å². The molecule has 2 aliphatic rings. The molecule has 1 aromatic rings. The fourth-order valence-corrected chi connectivity index (χ4v) is 2.16. The minimum Gasteiger partial charge on any atom is -0.454 e. The normalized spacial score (nSPS) is 25.3. The molecule has 15 heavy (non-hydrogen) atoms. The number of hydrogen-bond donors (Lipinski definition) is 1. The topological polar surface area (TPSA) is 44.5 Å². The van der Waals surface area contributed by atoms with Crippen LogP contribution in [-0.4, -0.2) is 28.5 Å². The second-order valence-electron chi connectivity index (χ2n) is 4.11. The SMILES string of the molecule is [B]C1([B])c2cc3c(cc2CC1N)OCO3. The van der Waals surface area contributed by atoms with Gasteiger partial charge < -0.3 is 15.2 Å². The van der Waals surface area contributed by atoms with Crippen molar-refractivity contribution in [1.29, 1.82) is 0 Å². The molecule has 2 N–H and O–H groups in total. The average molecular weight is 197 g/mol. The third-order valence-corrected chi connectivity index (χ3v) is 3.12. The van der Waals surface area contributed by atoms with Gasteiger partial charge in [0.15, 0.2) is 11.5 Å². The van der Waals surface area contributed by atoms with E-state index in [2.05, 4.69) is 0 Å². The van der Waals surface area contributed by atoms with Gasteiger partial charge in [0.05, 0.1) is 15.7 Å². The lowest BCUT2D eigenvalue weighted by atomic mass is 9.50. The summed E-state index contributed by atoms with van der Waals surface area (Å²) in [5, 5.41) is -0.962. The van der Waals surface area contributed by atoms with Crippen molar-refractivity contribution in [3.05, 3.63) is 23.3 Å². The third kappa shape index (κ3) is 1.13. The van der Waals surface area contributed by atoms with Gasteiger partial charge in [0, 0.05) is 6.04 Å². The van der Waals surface area contributed by atoms with Crippen LogP contribution in [0.15, 0.2) is 12.1 Å². The van der Waals surface area contributed by atoms with Gasteiger partial charge in [0.2, 0.25) is 6.79 Å². The molecule has 3 nitrogen and oxygen atoms in total. The van der Waals surface area contributed by atoms with Gasteiger partial charge >= 0.3 is 0 Å². The smallest absolute Gasteiger partial charge is 0.231 e. The molecular formula is C10H9B2NO2. The second kappa shape index (κ2) is 2.73. The zero-order chi connectivity index (χ0) is 10.6. The Labute approximate surface area is 90.8 Å². The molecule has 0 aromatic heterocycles. The van der Waals surface area contributed by atoms with Gasteiger partial charge in [-0.25, -0.2) is 0 Å². The van der Waals surface area contributed by atoms with E-state index in [-0.39, 0.29) is 12.8 Å². The predicted molar refractivity (Wildman–Crippen MR) is 57.4 cm³/mol. The van der Waals surface area contributed by atoms with Gasteiger partial charge in [0.25, 0.3) is 0 Å². The fourth-order valence-electron chi connectivity index (χ4n) is 2.16. The van der Waals surface area contributed by atoms with Crippen LogP contribution < -0.4 is 15.2 Å². The van der Waals surface area contributed by atoms with E-state index in [0.717, 1.165) is 16.9 Å². The van der Waals surface area contributed by atoms with E-state index in [1.54, 1.807) is 0 Å². The summed E-state index contributed by atoms with van der Waals surface area (Å²) in [6, 6.07) is 3.50. The molecule has 1 unspecified atom stereocenters. The lowest BCUT2D eigenvalue weighted by molar-refractivity contribution is 0.174. The van der Waals surface area contributed by atoms with Crippen LogP contribution in [0.3, 0.4) is 0 Å². The van der Waals surface area contributed by atoms with Crippen molar-refractivity contribution in [3.8, 4) is 11.5 Å². The van der Waals surface area contributed by atoms with Crippen molar-refractivity contribution < 1.29 is 9.47 Å². The van der Waals surface area contributed by atoms with Gasteiger partial charge in [-0.3, -0.25) is 0 Å². The zero-order valence-electron chi connectivity index (χ0n) is 8.19. The van der Waals surface area contributed by atoms with Crippen molar-refractivity contribution in [3.63, 3.8) is 0 Å². The summed E-state index contributed by atoms with van der Waals surface area (Å²) in [6.45, 7) is 0.256. The van der Waals surface area contributed by atoms with Gasteiger partial charge in [0.1, 0.15) is 0 Å². The Morgan fingerprint density at radius 2 is 1.93 bits per heavy atom. The van der Waals surface area contributed by atoms with E-state index in [1.807, 2.05) is 12.1 Å². The highest BCUT2D eigenvalue weighted by Gasteiger charge is 2.37. The molecule has 72 valence electrons. The molecule has 1 aliphatic carbocycles. The summed E-state index contributed by atoms with van der Waals surface area (Å²) in [4.78, 5) is 0. The molecule has 0 saturated heterocycles. The van der Waals surface area contributed by atoms with E-state index in [9.17, 15) is 0 Å². The first-order valence-corrected chi connectivity index (χ1v) is 4.85. The van der Waals surface area contributed by atoms with Crippen LogP contribution in [0.2, 0.25) is 0 Å².